The van der Waals surface area contributed by atoms with Crippen molar-refractivity contribution in [1.82, 2.24) is 5.32 Å². The van der Waals surface area contributed by atoms with Gasteiger partial charge in [-0.2, -0.15) is 0 Å². The SMILES string of the molecule is CCC(CC)O[C@@H]1CC(C(=O)O)=C[C@H](N)[C@@H]1NC(C)=O. The molecule has 0 aromatic heterocycles. The van der Waals surface area contributed by atoms with Crippen LogP contribution >= 0.6 is 0 Å². The lowest BCUT2D eigenvalue weighted by molar-refractivity contribution is -0.133. The van der Waals surface area contributed by atoms with E-state index in [0.717, 1.165) is 12.8 Å². The van der Waals surface area contributed by atoms with Gasteiger partial charge in [0.25, 0.3) is 0 Å². The average molecular weight is 284 g/mol. The van der Waals surface area contributed by atoms with Gasteiger partial charge in [0.05, 0.1) is 18.2 Å². The lowest BCUT2D eigenvalue weighted by atomic mass is 9.88. The lowest BCUT2D eigenvalue weighted by Gasteiger charge is -2.36. The number of hydrogen-bond donors (Lipinski definition) is 3. The fraction of sp³-hybridized carbons (Fsp3) is 0.714. The molecule has 114 valence electrons. The molecule has 0 fully saturated rings. The van der Waals surface area contributed by atoms with Crippen LogP contribution in [0.2, 0.25) is 0 Å². The summed E-state index contributed by atoms with van der Waals surface area (Å²) in [6, 6.07) is -0.950. The molecule has 0 bridgehead atoms. The third-order valence-corrected chi connectivity index (χ3v) is 3.55. The van der Waals surface area contributed by atoms with Crippen LogP contribution in [0.3, 0.4) is 0 Å². The fourth-order valence-electron chi connectivity index (χ4n) is 2.44. The number of carbonyl (C=O) groups is 2. The van der Waals surface area contributed by atoms with Gasteiger partial charge in [0, 0.05) is 25.0 Å². The van der Waals surface area contributed by atoms with Crippen LogP contribution in [0, 0.1) is 0 Å². The maximum Gasteiger partial charge on any atom is 0.331 e. The van der Waals surface area contributed by atoms with Crippen molar-refractivity contribution >= 4 is 11.9 Å². The Hall–Kier alpha value is -1.40. The molecule has 0 aliphatic heterocycles. The maximum absolute atomic E-state index is 11.3. The summed E-state index contributed by atoms with van der Waals surface area (Å²) in [6.45, 7) is 5.44. The van der Waals surface area contributed by atoms with E-state index in [1.165, 1.54) is 13.0 Å². The second-order valence-corrected chi connectivity index (χ2v) is 5.12. The van der Waals surface area contributed by atoms with Crippen LogP contribution in [-0.4, -0.2) is 41.3 Å². The molecule has 3 atom stereocenters. The van der Waals surface area contributed by atoms with Crippen LogP contribution in [0.5, 0.6) is 0 Å². The molecule has 0 heterocycles. The van der Waals surface area contributed by atoms with E-state index in [2.05, 4.69) is 5.32 Å². The first-order valence-corrected chi connectivity index (χ1v) is 7.01. The molecule has 0 spiro atoms. The van der Waals surface area contributed by atoms with Crippen LogP contribution in [-0.2, 0) is 14.3 Å². The normalized spacial score (nSPS) is 26.2. The summed E-state index contributed by atoms with van der Waals surface area (Å²) in [6.07, 6.45) is 3.05. The summed E-state index contributed by atoms with van der Waals surface area (Å²) in [5.74, 6) is -1.18. The highest BCUT2D eigenvalue weighted by molar-refractivity contribution is 5.87. The predicted octanol–water partition coefficient (Wildman–Crippen LogP) is 0.807. The van der Waals surface area contributed by atoms with Gasteiger partial charge in [-0.1, -0.05) is 19.9 Å². The highest BCUT2D eigenvalue weighted by atomic mass is 16.5. The first-order valence-electron chi connectivity index (χ1n) is 7.01. The molecule has 20 heavy (non-hydrogen) atoms. The van der Waals surface area contributed by atoms with Crippen molar-refractivity contribution in [3.05, 3.63) is 11.6 Å². The van der Waals surface area contributed by atoms with Crippen molar-refractivity contribution in [2.75, 3.05) is 0 Å². The number of hydrogen-bond acceptors (Lipinski definition) is 4. The summed E-state index contributed by atoms with van der Waals surface area (Å²) in [7, 11) is 0. The third-order valence-electron chi connectivity index (χ3n) is 3.55. The smallest absolute Gasteiger partial charge is 0.331 e. The van der Waals surface area contributed by atoms with Gasteiger partial charge in [-0.15, -0.1) is 0 Å². The van der Waals surface area contributed by atoms with Gasteiger partial charge in [0.2, 0.25) is 5.91 Å². The number of amides is 1. The van der Waals surface area contributed by atoms with Crippen LogP contribution in [0.1, 0.15) is 40.0 Å². The van der Waals surface area contributed by atoms with E-state index in [1.54, 1.807) is 0 Å². The Bertz CT molecular complexity index is 391. The van der Waals surface area contributed by atoms with Crippen molar-refractivity contribution < 1.29 is 19.4 Å². The van der Waals surface area contributed by atoms with E-state index in [0.29, 0.717) is 0 Å². The first kappa shape index (κ1) is 16.7. The topological polar surface area (TPSA) is 102 Å². The Morgan fingerprint density at radius 1 is 1.50 bits per heavy atom. The molecule has 0 aromatic carbocycles. The summed E-state index contributed by atoms with van der Waals surface area (Å²) in [5, 5.41) is 11.9. The number of ether oxygens (including phenoxy) is 1. The molecule has 6 heteroatoms. The molecule has 1 aliphatic carbocycles. The minimum absolute atomic E-state index is 0.0385. The molecule has 0 unspecified atom stereocenters. The van der Waals surface area contributed by atoms with Gasteiger partial charge in [-0.25, -0.2) is 4.79 Å². The number of aliphatic carboxylic acids is 1. The number of nitrogens with two attached hydrogens (primary N) is 1. The standard InChI is InChI=1S/C14H24N2O4/c1-4-10(5-2)20-12-7-9(14(18)19)6-11(15)13(12)16-8(3)17/h6,10-13H,4-5,7,15H2,1-3H3,(H,16,17)(H,18,19)/t11-,12+,13-/m0/s1. The van der Waals surface area contributed by atoms with E-state index in [-0.39, 0.29) is 24.0 Å². The lowest BCUT2D eigenvalue weighted by Crippen LogP contribution is -2.56. The summed E-state index contributed by atoms with van der Waals surface area (Å²) < 4.78 is 5.96. The van der Waals surface area contributed by atoms with E-state index in [4.69, 9.17) is 15.6 Å². The van der Waals surface area contributed by atoms with Crippen molar-refractivity contribution in [2.24, 2.45) is 5.73 Å². The minimum atomic E-state index is -0.986. The van der Waals surface area contributed by atoms with Crippen molar-refractivity contribution in [3.8, 4) is 0 Å². The Morgan fingerprint density at radius 2 is 2.10 bits per heavy atom. The molecule has 0 radical (unpaired) electrons. The molecule has 6 nitrogen and oxygen atoms in total. The van der Waals surface area contributed by atoms with E-state index in [9.17, 15) is 9.59 Å². The summed E-state index contributed by atoms with van der Waals surface area (Å²) in [5.41, 5.74) is 6.22. The van der Waals surface area contributed by atoms with Crippen molar-refractivity contribution in [2.45, 2.75) is 64.3 Å². The van der Waals surface area contributed by atoms with Gasteiger partial charge >= 0.3 is 5.97 Å². The minimum Gasteiger partial charge on any atom is -0.478 e. The van der Waals surface area contributed by atoms with Crippen molar-refractivity contribution in [1.29, 1.82) is 0 Å². The Balaban J connectivity index is 2.92. The Labute approximate surface area is 119 Å². The van der Waals surface area contributed by atoms with Crippen LogP contribution in [0.4, 0.5) is 0 Å². The molecule has 1 rings (SSSR count). The molecule has 0 aromatic rings. The van der Waals surface area contributed by atoms with Gasteiger partial charge in [-0.05, 0) is 12.8 Å². The number of carboxylic acid groups (broad SMARTS) is 1. The molecule has 1 aliphatic rings. The van der Waals surface area contributed by atoms with Gasteiger partial charge in [0.1, 0.15) is 0 Å². The molecule has 0 saturated carbocycles. The zero-order chi connectivity index (χ0) is 15.3. The number of rotatable bonds is 6. The third kappa shape index (κ3) is 4.31. The second-order valence-electron chi connectivity index (χ2n) is 5.12. The summed E-state index contributed by atoms with van der Waals surface area (Å²) >= 11 is 0. The fourth-order valence-corrected chi connectivity index (χ4v) is 2.44. The summed E-state index contributed by atoms with van der Waals surface area (Å²) in [4.78, 5) is 22.4. The second kappa shape index (κ2) is 7.40. The zero-order valence-corrected chi connectivity index (χ0v) is 12.3. The highest BCUT2D eigenvalue weighted by Gasteiger charge is 2.35. The molecule has 4 N–H and O–H groups in total. The molecular formula is C14H24N2O4. The highest BCUT2D eigenvalue weighted by Crippen LogP contribution is 2.24. The Morgan fingerprint density at radius 3 is 2.55 bits per heavy atom. The average Bonchev–Trinajstić information content (AvgIpc) is 2.38. The van der Waals surface area contributed by atoms with E-state index < -0.39 is 24.2 Å². The Kier molecular flexibility index (Phi) is 6.16. The number of carbonyl (C=O) groups excluding carboxylic acids is 1. The molecule has 0 saturated heterocycles. The van der Waals surface area contributed by atoms with E-state index >= 15 is 0 Å². The van der Waals surface area contributed by atoms with Gasteiger partial charge in [-0.3, -0.25) is 4.79 Å². The van der Waals surface area contributed by atoms with Crippen LogP contribution in [0.15, 0.2) is 11.6 Å². The quantitative estimate of drug-likeness (QED) is 0.670. The zero-order valence-electron chi connectivity index (χ0n) is 12.3. The number of carboxylic acids is 1. The largest absolute Gasteiger partial charge is 0.478 e. The van der Waals surface area contributed by atoms with Crippen molar-refractivity contribution in [3.63, 3.8) is 0 Å². The number of nitrogens with one attached hydrogen (secondary N) is 1. The van der Waals surface area contributed by atoms with E-state index in [1.807, 2.05) is 13.8 Å². The van der Waals surface area contributed by atoms with Gasteiger partial charge < -0.3 is 20.9 Å². The molecule has 1 amide bonds. The maximum atomic E-state index is 11.3. The first-order chi connectivity index (χ1) is 9.38. The van der Waals surface area contributed by atoms with Crippen LogP contribution in [0.25, 0.3) is 0 Å². The molecular weight excluding hydrogens is 260 g/mol. The van der Waals surface area contributed by atoms with Crippen LogP contribution < -0.4 is 11.1 Å². The predicted molar refractivity (Wildman–Crippen MR) is 75.2 cm³/mol. The van der Waals surface area contributed by atoms with Gasteiger partial charge in [0.15, 0.2) is 0 Å². The monoisotopic (exact) mass is 284 g/mol.